The number of benzene rings is 1. The number of piperazine rings is 1. The van der Waals surface area contributed by atoms with Crippen molar-refractivity contribution in [2.75, 3.05) is 38.6 Å². The van der Waals surface area contributed by atoms with Gasteiger partial charge in [-0.1, -0.05) is 0 Å². The van der Waals surface area contributed by atoms with E-state index in [2.05, 4.69) is 5.32 Å². The lowest BCUT2D eigenvalue weighted by molar-refractivity contribution is -0.386. The second-order valence-corrected chi connectivity index (χ2v) is 10.1. The van der Waals surface area contributed by atoms with Crippen LogP contribution >= 0.6 is 11.3 Å². The highest BCUT2D eigenvalue weighted by Crippen LogP contribution is 2.31. The maximum absolute atomic E-state index is 13.0. The average Bonchev–Trinajstić information content (AvgIpc) is 3.26. The van der Waals surface area contributed by atoms with Gasteiger partial charge in [0, 0.05) is 32.2 Å². The lowest BCUT2D eigenvalue weighted by atomic mass is 10.2. The van der Waals surface area contributed by atoms with Crippen molar-refractivity contribution in [3.63, 3.8) is 0 Å². The Kier molecular flexibility index (Phi) is 7.31. The van der Waals surface area contributed by atoms with Gasteiger partial charge in [-0.3, -0.25) is 24.6 Å². The van der Waals surface area contributed by atoms with Crippen LogP contribution in [0, 0.1) is 10.1 Å². The van der Waals surface area contributed by atoms with Gasteiger partial charge in [-0.05, 0) is 30.5 Å². The van der Waals surface area contributed by atoms with E-state index in [4.69, 9.17) is 10.5 Å². The fourth-order valence-corrected chi connectivity index (χ4v) is 5.67. The number of hydrogen-bond donors (Lipinski definition) is 2. The number of amides is 2. The number of methoxy groups -OCH3 is 1. The quantitative estimate of drug-likeness (QED) is 0.404. The zero-order valence-electron chi connectivity index (χ0n) is 17.9. The zero-order valence-corrected chi connectivity index (χ0v) is 19.5. The van der Waals surface area contributed by atoms with Crippen molar-refractivity contribution in [1.82, 2.24) is 9.21 Å². The molecule has 0 saturated carbocycles. The molecule has 33 heavy (non-hydrogen) atoms. The van der Waals surface area contributed by atoms with Gasteiger partial charge in [-0.25, -0.2) is 8.42 Å². The Bertz CT molecular complexity index is 1170. The van der Waals surface area contributed by atoms with Crippen molar-refractivity contribution >= 4 is 43.9 Å². The van der Waals surface area contributed by atoms with Gasteiger partial charge in [0.05, 0.1) is 28.5 Å². The summed E-state index contributed by atoms with van der Waals surface area (Å²) in [6.07, 6.45) is 0. The van der Waals surface area contributed by atoms with Gasteiger partial charge in [-0.2, -0.15) is 4.31 Å². The number of sulfonamides is 1. The second-order valence-electron chi connectivity index (χ2n) is 7.22. The molecule has 178 valence electrons. The molecule has 14 heteroatoms. The molecule has 0 aliphatic carbocycles. The maximum atomic E-state index is 13.0. The lowest BCUT2D eigenvalue weighted by Gasteiger charge is -2.36. The Hall–Kier alpha value is -3.07. The monoisotopic (exact) mass is 497 g/mol. The van der Waals surface area contributed by atoms with Crippen molar-refractivity contribution in [3.05, 3.63) is 45.3 Å². The SMILES string of the molecule is COc1ccc(S(=O)(=O)N2CCN(C(C)C(=O)Nc3sccc3C(N)=O)CC2)cc1[N+](=O)[O-]. The summed E-state index contributed by atoms with van der Waals surface area (Å²) in [6, 6.07) is 4.44. The Balaban J connectivity index is 1.67. The molecule has 3 N–H and O–H groups in total. The van der Waals surface area contributed by atoms with E-state index >= 15 is 0 Å². The number of carbonyl (C=O) groups is 2. The molecule has 0 bridgehead atoms. The summed E-state index contributed by atoms with van der Waals surface area (Å²) in [5, 5.41) is 15.9. The van der Waals surface area contributed by atoms with Gasteiger partial charge in [-0.15, -0.1) is 11.3 Å². The van der Waals surface area contributed by atoms with E-state index in [-0.39, 0.29) is 48.3 Å². The summed E-state index contributed by atoms with van der Waals surface area (Å²) in [5.74, 6) is -1.02. The van der Waals surface area contributed by atoms with Crippen LogP contribution in [0.2, 0.25) is 0 Å². The van der Waals surface area contributed by atoms with E-state index in [1.54, 1.807) is 12.3 Å². The van der Waals surface area contributed by atoms with Crippen LogP contribution in [0.3, 0.4) is 0 Å². The first-order chi connectivity index (χ1) is 15.6. The molecular formula is C19H23N5O7S2. The smallest absolute Gasteiger partial charge is 0.312 e. The topological polar surface area (TPSA) is 165 Å². The van der Waals surface area contributed by atoms with Crippen LogP contribution in [0.1, 0.15) is 17.3 Å². The van der Waals surface area contributed by atoms with Gasteiger partial charge < -0.3 is 15.8 Å². The van der Waals surface area contributed by atoms with Gasteiger partial charge >= 0.3 is 5.69 Å². The predicted octanol–water partition coefficient (Wildman–Crippen LogP) is 1.10. The normalized spacial score (nSPS) is 16.2. The summed E-state index contributed by atoms with van der Waals surface area (Å²) in [6.45, 7) is 2.44. The molecule has 1 aromatic carbocycles. The molecule has 0 radical (unpaired) electrons. The van der Waals surface area contributed by atoms with Crippen LogP contribution in [0.4, 0.5) is 10.7 Å². The standard InChI is InChI=1S/C19H23N5O7S2/c1-12(18(26)21-19-14(17(20)25)5-10-32-19)22-6-8-23(9-7-22)33(29,30)13-3-4-16(31-2)15(11-13)24(27)28/h3-5,10-12H,6-9H2,1-2H3,(H2,20,25)(H,21,26). The van der Waals surface area contributed by atoms with E-state index < -0.39 is 32.6 Å². The Morgan fingerprint density at radius 1 is 1.24 bits per heavy atom. The van der Waals surface area contributed by atoms with E-state index in [1.807, 2.05) is 4.90 Å². The molecule has 1 aromatic heterocycles. The first kappa shape index (κ1) is 24.6. The number of nitro benzene ring substituents is 1. The number of nitrogens with one attached hydrogen (secondary N) is 1. The maximum Gasteiger partial charge on any atom is 0.312 e. The largest absolute Gasteiger partial charge is 0.490 e. The number of ether oxygens (including phenoxy) is 1. The minimum atomic E-state index is -3.97. The molecule has 3 rings (SSSR count). The molecule has 1 fully saturated rings. The molecule has 1 aliphatic rings. The van der Waals surface area contributed by atoms with E-state index in [9.17, 15) is 28.1 Å². The van der Waals surface area contributed by atoms with Crippen LogP contribution in [0.25, 0.3) is 0 Å². The Morgan fingerprint density at radius 2 is 1.91 bits per heavy atom. The molecule has 1 unspecified atom stereocenters. The molecule has 2 amide bonds. The summed E-state index contributed by atoms with van der Waals surface area (Å²) in [7, 11) is -2.71. The van der Waals surface area contributed by atoms with Crippen LogP contribution < -0.4 is 15.8 Å². The number of primary amides is 1. The lowest BCUT2D eigenvalue weighted by Crippen LogP contribution is -2.53. The van der Waals surface area contributed by atoms with Crippen LogP contribution in [0.5, 0.6) is 5.75 Å². The number of nitrogens with zero attached hydrogens (tertiary/aromatic N) is 3. The molecular weight excluding hydrogens is 474 g/mol. The number of nitrogens with two attached hydrogens (primary N) is 1. The van der Waals surface area contributed by atoms with Crippen molar-refractivity contribution in [2.24, 2.45) is 5.73 Å². The molecule has 2 aromatic rings. The van der Waals surface area contributed by atoms with Crippen molar-refractivity contribution in [1.29, 1.82) is 0 Å². The highest BCUT2D eigenvalue weighted by Gasteiger charge is 2.33. The van der Waals surface area contributed by atoms with Crippen molar-refractivity contribution < 1.29 is 27.7 Å². The Labute approximate surface area is 194 Å². The van der Waals surface area contributed by atoms with Crippen molar-refractivity contribution in [2.45, 2.75) is 17.9 Å². The fraction of sp³-hybridized carbons (Fsp3) is 0.368. The minimum Gasteiger partial charge on any atom is -0.490 e. The summed E-state index contributed by atoms with van der Waals surface area (Å²) in [5.41, 5.74) is 5.09. The first-order valence-corrected chi connectivity index (χ1v) is 12.1. The third kappa shape index (κ3) is 5.13. The van der Waals surface area contributed by atoms with Crippen LogP contribution in [0.15, 0.2) is 34.5 Å². The van der Waals surface area contributed by atoms with Gasteiger partial charge in [0.15, 0.2) is 5.75 Å². The average molecular weight is 498 g/mol. The fourth-order valence-electron chi connectivity index (χ4n) is 3.44. The predicted molar refractivity (Wildman–Crippen MR) is 121 cm³/mol. The van der Waals surface area contributed by atoms with Gasteiger partial charge in [0.25, 0.3) is 5.91 Å². The number of carbonyl (C=O) groups excluding carboxylic acids is 2. The molecule has 1 atom stereocenters. The van der Waals surface area contributed by atoms with Gasteiger partial charge in [0.1, 0.15) is 5.00 Å². The van der Waals surface area contributed by atoms with Crippen LogP contribution in [-0.2, 0) is 14.8 Å². The Morgan fingerprint density at radius 3 is 2.48 bits per heavy atom. The number of hydrogen-bond acceptors (Lipinski definition) is 9. The summed E-state index contributed by atoms with van der Waals surface area (Å²) < 4.78 is 32.2. The molecule has 1 saturated heterocycles. The number of anilines is 1. The molecule has 1 aliphatic heterocycles. The third-order valence-electron chi connectivity index (χ3n) is 5.35. The molecule has 12 nitrogen and oxygen atoms in total. The molecule has 0 spiro atoms. The van der Waals surface area contributed by atoms with Gasteiger partial charge in [0.2, 0.25) is 15.9 Å². The van der Waals surface area contributed by atoms with Crippen molar-refractivity contribution in [3.8, 4) is 5.75 Å². The highest BCUT2D eigenvalue weighted by atomic mass is 32.2. The minimum absolute atomic E-state index is 0.0335. The number of rotatable bonds is 8. The van der Waals surface area contributed by atoms with E-state index in [1.165, 1.54) is 41.0 Å². The molecule has 2 heterocycles. The zero-order chi connectivity index (χ0) is 24.3. The summed E-state index contributed by atoms with van der Waals surface area (Å²) >= 11 is 1.18. The number of thiophene rings is 1. The third-order valence-corrected chi connectivity index (χ3v) is 8.08. The number of nitro groups is 1. The first-order valence-electron chi connectivity index (χ1n) is 9.81. The van der Waals surface area contributed by atoms with Crippen LogP contribution in [-0.4, -0.2) is 73.7 Å². The highest BCUT2D eigenvalue weighted by molar-refractivity contribution is 7.89. The van der Waals surface area contributed by atoms with E-state index in [0.717, 1.165) is 6.07 Å². The second kappa shape index (κ2) is 9.82. The summed E-state index contributed by atoms with van der Waals surface area (Å²) in [4.78, 5) is 36.2. The van der Waals surface area contributed by atoms with E-state index in [0.29, 0.717) is 5.00 Å².